The van der Waals surface area contributed by atoms with Crippen molar-refractivity contribution < 1.29 is 4.79 Å². The van der Waals surface area contributed by atoms with Crippen molar-refractivity contribution in [3.8, 4) is 11.1 Å². The molecule has 4 aromatic rings. The van der Waals surface area contributed by atoms with Crippen molar-refractivity contribution in [1.82, 2.24) is 24.3 Å². The topological polar surface area (TPSA) is 65.6 Å². The van der Waals surface area contributed by atoms with Gasteiger partial charge in [0.1, 0.15) is 11.3 Å². The number of aldehydes is 1. The van der Waals surface area contributed by atoms with Gasteiger partial charge < -0.3 is 4.57 Å². The maximum atomic E-state index is 11.8. The van der Waals surface area contributed by atoms with Gasteiger partial charge in [-0.2, -0.15) is 5.10 Å². The third-order valence-corrected chi connectivity index (χ3v) is 4.90. The van der Waals surface area contributed by atoms with E-state index >= 15 is 0 Å². The number of benzene rings is 1. The molecule has 0 aliphatic carbocycles. The number of halogens is 1. The Bertz CT molecular complexity index is 1160. The Morgan fingerprint density at radius 2 is 1.89 bits per heavy atom. The van der Waals surface area contributed by atoms with Crippen LogP contribution in [-0.2, 0) is 13.6 Å². The van der Waals surface area contributed by atoms with Gasteiger partial charge >= 0.3 is 0 Å². The summed E-state index contributed by atoms with van der Waals surface area (Å²) < 4.78 is 3.82. The predicted octanol–water partition coefficient (Wildman–Crippen LogP) is 3.96. The van der Waals surface area contributed by atoms with Crippen LogP contribution in [0.15, 0.2) is 36.7 Å². The van der Waals surface area contributed by atoms with Gasteiger partial charge in [0.05, 0.1) is 18.4 Å². The second kappa shape index (κ2) is 6.63. The van der Waals surface area contributed by atoms with Crippen molar-refractivity contribution in [2.75, 3.05) is 0 Å². The van der Waals surface area contributed by atoms with Gasteiger partial charge in [0.15, 0.2) is 11.9 Å². The van der Waals surface area contributed by atoms with Gasteiger partial charge in [0.25, 0.3) is 0 Å². The van der Waals surface area contributed by atoms with E-state index in [4.69, 9.17) is 16.6 Å². The van der Waals surface area contributed by atoms with E-state index in [1.807, 2.05) is 62.1 Å². The summed E-state index contributed by atoms with van der Waals surface area (Å²) >= 11 is 6.03. The number of aromatic nitrogens is 5. The van der Waals surface area contributed by atoms with Crippen molar-refractivity contribution in [2.45, 2.75) is 20.4 Å². The molecule has 4 rings (SSSR count). The standard InChI is InChI=1S/C20H18ClN5O/c1-12-17(11-27)18(15-4-6-16(21)7-5-15)19-20(23-12)26(13(2)24-19)10-14-8-22-25(3)9-14/h4-9,11H,10H2,1-3H3. The Morgan fingerprint density at radius 3 is 2.52 bits per heavy atom. The number of pyridine rings is 1. The summed E-state index contributed by atoms with van der Waals surface area (Å²) in [5.41, 5.74) is 5.44. The molecule has 0 saturated carbocycles. The van der Waals surface area contributed by atoms with E-state index in [2.05, 4.69) is 10.1 Å². The van der Waals surface area contributed by atoms with Gasteiger partial charge in [-0.1, -0.05) is 23.7 Å². The van der Waals surface area contributed by atoms with Crippen LogP contribution in [0.3, 0.4) is 0 Å². The first-order valence-corrected chi connectivity index (χ1v) is 8.92. The van der Waals surface area contributed by atoms with Gasteiger partial charge in [-0.05, 0) is 31.5 Å². The van der Waals surface area contributed by atoms with Gasteiger partial charge in [-0.25, -0.2) is 9.97 Å². The molecule has 7 heteroatoms. The van der Waals surface area contributed by atoms with Crippen LogP contribution in [0.1, 0.15) is 27.4 Å². The zero-order valence-electron chi connectivity index (χ0n) is 15.3. The number of nitrogens with zero attached hydrogens (tertiary/aromatic N) is 5. The van der Waals surface area contributed by atoms with Gasteiger partial charge in [0, 0.05) is 35.0 Å². The molecule has 0 spiro atoms. The molecule has 0 bridgehead atoms. The number of imidazole rings is 1. The Labute approximate surface area is 161 Å². The summed E-state index contributed by atoms with van der Waals surface area (Å²) in [5.74, 6) is 0.832. The van der Waals surface area contributed by atoms with E-state index in [9.17, 15) is 4.79 Å². The fourth-order valence-corrected chi connectivity index (χ4v) is 3.47. The van der Waals surface area contributed by atoms with Gasteiger partial charge in [-0.3, -0.25) is 9.48 Å². The quantitative estimate of drug-likeness (QED) is 0.503. The molecule has 27 heavy (non-hydrogen) atoms. The molecule has 0 N–H and O–H groups in total. The summed E-state index contributed by atoms with van der Waals surface area (Å²) in [6, 6.07) is 7.43. The molecule has 0 amide bonds. The van der Waals surface area contributed by atoms with Crippen LogP contribution in [0.5, 0.6) is 0 Å². The van der Waals surface area contributed by atoms with E-state index in [1.165, 1.54) is 0 Å². The molecular weight excluding hydrogens is 362 g/mol. The molecule has 0 unspecified atom stereocenters. The number of hydrogen-bond acceptors (Lipinski definition) is 4. The maximum absolute atomic E-state index is 11.8. The lowest BCUT2D eigenvalue weighted by Gasteiger charge is -2.10. The SMILES string of the molecule is Cc1nc2c(nc(C)n2Cc2cnn(C)c2)c(-c2ccc(Cl)cc2)c1C=O. The van der Waals surface area contributed by atoms with E-state index in [0.29, 0.717) is 28.3 Å². The molecule has 0 saturated heterocycles. The molecule has 1 aromatic carbocycles. The first-order valence-electron chi connectivity index (χ1n) is 8.54. The minimum Gasteiger partial charge on any atom is -0.308 e. The van der Waals surface area contributed by atoms with Crippen molar-refractivity contribution >= 4 is 29.1 Å². The average molecular weight is 380 g/mol. The molecule has 3 heterocycles. The van der Waals surface area contributed by atoms with Crippen LogP contribution in [0.25, 0.3) is 22.3 Å². The predicted molar refractivity (Wildman–Crippen MR) is 105 cm³/mol. The first-order chi connectivity index (χ1) is 13.0. The molecule has 3 aromatic heterocycles. The van der Waals surface area contributed by atoms with Crippen LogP contribution in [0.2, 0.25) is 5.02 Å². The van der Waals surface area contributed by atoms with Crippen molar-refractivity contribution in [1.29, 1.82) is 0 Å². The molecule has 136 valence electrons. The lowest BCUT2D eigenvalue weighted by molar-refractivity contribution is 0.112. The molecule has 6 nitrogen and oxygen atoms in total. The van der Waals surface area contributed by atoms with Gasteiger partial charge in [0.2, 0.25) is 0 Å². The van der Waals surface area contributed by atoms with Crippen LogP contribution >= 0.6 is 11.6 Å². The van der Waals surface area contributed by atoms with Crippen LogP contribution in [0.4, 0.5) is 0 Å². The molecule has 0 fully saturated rings. The largest absolute Gasteiger partial charge is 0.308 e. The van der Waals surface area contributed by atoms with Crippen molar-refractivity contribution in [3.63, 3.8) is 0 Å². The minimum absolute atomic E-state index is 0.552. The number of rotatable bonds is 4. The number of fused-ring (bicyclic) bond motifs is 1. The smallest absolute Gasteiger partial charge is 0.161 e. The van der Waals surface area contributed by atoms with Crippen molar-refractivity contribution in [2.24, 2.45) is 7.05 Å². The Balaban J connectivity index is 1.97. The lowest BCUT2D eigenvalue weighted by atomic mass is 9.99. The van der Waals surface area contributed by atoms with Crippen LogP contribution in [0, 0.1) is 13.8 Å². The third kappa shape index (κ3) is 3.02. The Kier molecular flexibility index (Phi) is 4.28. The number of carbonyl (C=O) groups is 1. The average Bonchev–Trinajstić information content (AvgIpc) is 3.19. The Hall–Kier alpha value is -2.99. The number of hydrogen-bond donors (Lipinski definition) is 0. The second-order valence-corrected chi connectivity index (χ2v) is 6.99. The fourth-order valence-electron chi connectivity index (χ4n) is 3.34. The fraction of sp³-hybridized carbons (Fsp3) is 0.200. The maximum Gasteiger partial charge on any atom is 0.161 e. The minimum atomic E-state index is 0.552. The summed E-state index contributed by atoms with van der Waals surface area (Å²) in [6.45, 7) is 4.40. The first kappa shape index (κ1) is 17.4. The molecular formula is C20H18ClN5O. The number of carbonyl (C=O) groups excluding carboxylic acids is 1. The third-order valence-electron chi connectivity index (χ3n) is 4.65. The molecule has 0 radical (unpaired) electrons. The van der Waals surface area contributed by atoms with E-state index < -0.39 is 0 Å². The highest BCUT2D eigenvalue weighted by Crippen LogP contribution is 2.33. The lowest BCUT2D eigenvalue weighted by Crippen LogP contribution is -2.04. The zero-order chi connectivity index (χ0) is 19.1. The summed E-state index contributed by atoms with van der Waals surface area (Å²) in [5, 5.41) is 4.87. The van der Waals surface area contributed by atoms with Crippen LogP contribution < -0.4 is 0 Å². The highest BCUT2D eigenvalue weighted by atomic mass is 35.5. The summed E-state index contributed by atoms with van der Waals surface area (Å²) in [4.78, 5) is 21.2. The molecule has 0 aliphatic rings. The molecule has 0 atom stereocenters. The van der Waals surface area contributed by atoms with E-state index in [1.54, 1.807) is 4.68 Å². The monoisotopic (exact) mass is 379 g/mol. The highest BCUT2D eigenvalue weighted by molar-refractivity contribution is 6.30. The van der Waals surface area contributed by atoms with Gasteiger partial charge in [-0.15, -0.1) is 0 Å². The molecule has 0 aliphatic heterocycles. The summed E-state index contributed by atoms with van der Waals surface area (Å²) in [7, 11) is 1.89. The Morgan fingerprint density at radius 1 is 1.15 bits per heavy atom. The zero-order valence-corrected chi connectivity index (χ0v) is 16.0. The second-order valence-electron chi connectivity index (χ2n) is 6.55. The van der Waals surface area contributed by atoms with Crippen LogP contribution in [-0.4, -0.2) is 30.6 Å². The number of aryl methyl sites for hydroxylation is 3. The van der Waals surface area contributed by atoms with E-state index in [0.717, 1.165) is 34.4 Å². The van der Waals surface area contributed by atoms with Crippen molar-refractivity contribution in [3.05, 3.63) is 64.3 Å². The summed E-state index contributed by atoms with van der Waals surface area (Å²) in [6.07, 6.45) is 4.65. The van der Waals surface area contributed by atoms with E-state index in [-0.39, 0.29) is 0 Å². The highest BCUT2D eigenvalue weighted by Gasteiger charge is 2.20. The normalized spacial score (nSPS) is 11.3.